The zero-order valence-corrected chi connectivity index (χ0v) is 10.2. The van der Waals surface area contributed by atoms with Crippen molar-refractivity contribution in [2.75, 3.05) is 0 Å². The normalized spacial score (nSPS) is 10.8. The number of hydrogen-bond acceptors (Lipinski definition) is 4. The van der Waals surface area contributed by atoms with Gasteiger partial charge in [0, 0.05) is 9.86 Å². The van der Waals surface area contributed by atoms with Crippen LogP contribution < -0.4 is 0 Å². The molecule has 0 bridgehead atoms. The summed E-state index contributed by atoms with van der Waals surface area (Å²) in [5, 5.41) is 20.5. The third kappa shape index (κ3) is 1.61. The molecule has 5 nitrogen and oxygen atoms in total. The number of halogens is 2. The summed E-state index contributed by atoms with van der Waals surface area (Å²) in [5.74, 6) is -0.555. The minimum Gasteiger partial charge on any atom is -0.503 e. The first-order valence-electron chi connectivity index (χ1n) is 3.75. The standard InChI is InChI=1S/C8H3Br2NO4/c9-4-2-5(10)7(12)8-3(4)1-6(15-8)11(13)14/h1-2,12H. The van der Waals surface area contributed by atoms with Gasteiger partial charge in [0.2, 0.25) is 0 Å². The number of phenols is 1. The van der Waals surface area contributed by atoms with Crippen LogP contribution in [0.3, 0.4) is 0 Å². The van der Waals surface area contributed by atoms with Gasteiger partial charge in [0.1, 0.15) is 4.92 Å². The molecule has 0 saturated heterocycles. The Morgan fingerprint density at radius 3 is 2.60 bits per heavy atom. The Kier molecular flexibility index (Phi) is 2.43. The average Bonchev–Trinajstić information content (AvgIpc) is 2.59. The summed E-state index contributed by atoms with van der Waals surface area (Å²) in [6, 6.07) is 2.85. The van der Waals surface area contributed by atoms with Crippen LogP contribution in [0.25, 0.3) is 11.0 Å². The lowest BCUT2D eigenvalue weighted by Gasteiger charge is -1.98. The Labute approximate surface area is 100 Å². The van der Waals surface area contributed by atoms with Gasteiger partial charge in [-0.05, 0) is 37.9 Å². The summed E-state index contributed by atoms with van der Waals surface area (Å²) in [6.45, 7) is 0. The van der Waals surface area contributed by atoms with Crippen molar-refractivity contribution in [3.05, 3.63) is 31.2 Å². The second-order valence-corrected chi connectivity index (χ2v) is 4.48. The van der Waals surface area contributed by atoms with Gasteiger partial charge in [0.25, 0.3) is 0 Å². The molecule has 78 valence electrons. The highest BCUT2D eigenvalue weighted by Crippen LogP contribution is 2.40. The van der Waals surface area contributed by atoms with Crippen molar-refractivity contribution in [1.82, 2.24) is 0 Å². The maximum Gasteiger partial charge on any atom is 0.434 e. The summed E-state index contributed by atoms with van der Waals surface area (Å²) in [7, 11) is 0. The number of nitro groups is 1. The third-order valence-corrected chi connectivity index (χ3v) is 3.11. The Balaban J connectivity index is 2.85. The van der Waals surface area contributed by atoms with Crippen molar-refractivity contribution in [3.63, 3.8) is 0 Å². The monoisotopic (exact) mass is 335 g/mol. The summed E-state index contributed by atoms with van der Waals surface area (Å²) in [4.78, 5) is 9.83. The van der Waals surface area contributed by atoms with E-state index in [1.54, 1.807) is 6.07 Å². The van der Waals surface area contributed by atoms with Crippen molar-refractivity contribution < 1.29 is 14.4 Å². The lowest BCUT2D eigenvalue weighted by molar-refractivity contribution is -0.401. The molecular weight excluding hydrogens is 334 g/mol. The van der Waals surface area contributed by atoms with E-state index in [2.05, 4.69) is 31.9 Å². The maximum atomic E-state index is 10.5. The number of nitrogens with zero attached hydrogens (tertiary/aromatic N) is 1. The van der Waals surface area contributed by atoms with Crippen LogP contribution in [0.2, 0.25) is 0 Å². The van der Waals surface area contributed by atoms with Gasteiger partial charge in [-0.2, -0.15) is 0 Å². The molecule has 1 aromatic carbocycles. The van der Waals surface area contributed by atoms with Crippen molar-refractivity contribution >= 4 is 48.7 Å². The van der Waals surface area contributed by atoms with Gasteiger partial charge < -0.3 is 9.52 Å². The van der Waals surface area contributed by atoms with E-state index < -0.39 is 10.8 Å². The van der Waals surface area contributed by atoms with Crippen LogP contribution in [0.1, 0.15) is 0 Å². The quantitative estimate of drug-likeness (QED) is 0.638. The summed E-state index contributed by atoms with van der Waals surface area (Å²) in [5.41, 5.74) is 0.0861. The number of phenolic OH excluding ortho intramolecular Hbond substituents is 1. The molecule has 0 radical (unpaired) electrons. The van der Waals surface area contributed by atoms with Gasteiger partial charge in [0.15, 0.2) is 11.3 Å². The van der Waals surface area contributed by atoms with E-state index in [9.17, 15) is 15.2 Å². The van der Waals surface area contributed by atoms with Gasteiger partial charge in [-0.15, -0.1) is 0 Å². The van der Waals surface area contributed by atoms with Crippen LogP contribution in [0, 0.1) is 10.1 Å². The molecule has 0 saturated carbocycles. The van der Waals surface area contributed by atoms with Gasteiger partial charge in [-0.3, -0.25) is 10.1 Å². The number of furan rings is 1. The molecule has 0 aliphatic carbocycles. The fraction of sp³-hybridized carbons (Fsp3) is 0. The number of benzene rings is 1. The minimum absolute atomic E-state index is 0.0861. The van der Waals surface area contributed by atoms with Crippen LogP contribution in [0.4, 0.5) is 5.88 Å². The topological polar surface area (TPSA) is 76.5 Å². The second kappa shape index (κ2) is 3.49. The summed E-state index contributed by atoms with van der Waals surface area (Å²) in [6.07, 6.45) is 0. The molecule has 1 N–H and O–H groups in total. The van der Waals surface area contributed by atoms with Crippen molar-refractivity contribution in [2.24, 2.45) is 0 Å². The average molecular weight is 337 g/mol. The molecule has 1 aromatic heterocycles. The van der Waals surface area contributed by atoms with Gasteiger partial charge in [-0.1, -0.05) is 0 Å². The molecule has 0 amide bonds. The van der Waals surface area contributed by atoms with E-state index in [0.29, 0.717) is 14.3 Å². The van der Waals surface area contributed by atoms with E-state index in [1.165, 1.54) is 6.07 Å². The van der Waals surface area contributed by atoms with Crippen LogP contribution in [-0.2, 0) is 0 Å². The molecular formula is C8H3Br2NO4. The Hall–Kier alpha value is -1.08. The molecule has 2 aromatic rings. The van der Waals surface area contributed by atoms with Crippen LogP contribution in [-0.4, -0.2) is 10.0 Å². The summed E-state index contributed by atoms with van der Waals surface area (Å²) >= 11 is 6.32. The zero-order valence-electron chi connectivity index (χ0n) is 7.03. The number of fused-ring (bicyclic) bond motifs is 1. The number of rotatable bonds is 1. The van der Waals surface area contributed by atoms with Crippen LogP contribution in [0.15, 0.2) is 25.5 Å². The predicted molar refractivity (Wildman–Crippen MR) is 59.9 cm³/mol. The van der Waals surface area contributed by atoms with Crippen molar-refractivity contribution in [2.45, 2.75) is 0 Å². The molecule has 0 aliphatic heterocycles. The highest BCUT2D eigenvalue weighted by atomic mass is 79.9. The Morgan fingerprint density at radius 1 is 1.33 bits per heavy atom. The SMILES string of the molecule is O=[N+]([O-])c1cc2c(Br)cc(Br)c(O)c2o1. The molecule has 2 rings (SSSR count). The minimum atomic E-state index is -0.653. The zero-order chi connectivity index (χ0) is 11.2. The van der Waals surface area contributed by atoms with E-state index in [1.807, 2.05) is 0 Å². The third-order valence-electron chi connectivity index (χ3n) is 1.85. The smallest absolute Gasteiger partial charge is 0.434 e. The van der Waals surface area contributed by atoms with E-state index >= 15 is 0 Å². The van der Waals surface area contributed by atoms with Gasteiger partial charge in [-0.25, -0.2) is 0 Å². The number of aromatic hydroxyl groups is 1. The maximum absolute atomic E-state index is 10.5. The van der Waals surface area contributed by atoms with Gasteiger partial charge >= 0.3 is 5.88 Å². The van der Waals surface area contributed by atoms with Crippen LogP contribution >= 0.6 is 31.9 Å². The lowest BCUT2D eigenvalue weighted by Crippen LogP contribution is -1.82. The molecule has 0 atom stereocenters. The van der Waals surface area contributed by atoms with E-state index in [0.717, 1.165) is 0 Å². The second-order valence-electron chi connectivity index (χ2n) is 2.77. The fourth-order valence-corrected chi connectivity index (χ4v) is 2.43. The molecule has 0 aliphatic rings. The Morgan fingerprint density at radius 2 is 2.00 bits per heavy atom. The molecule has 0 unspecified atom stereocenters. The molecule has 0 fully saturated rings. The van der Waals surface area contributed by atoms with Crippen LogP contribution in [0.5, 0.6) is 5.75 Å². The fourth-order valence-electron chi connectivity index (χ4n) is 1.19. The molecule has 7 heteroatoms. The molecule has 1 heterocycles. The van der Waals surface area contributed by atoms with E-state index in [-0.39, 0.29) is 11.3 Å². The van der Waals surface area contributed by atoms with E-state index in [4.69, 9.17) is 4.42 Å². The number of hydrogen-bond donors (Lipinski definition) is 1. The Bertz CT molecular complexity index is 563. The van der Waals surface area contributed by atoms with Gasteiger partial charge in [0.05, 0.1) is 10.5 Å². The molecule has 0 spiro atoms. The first kappa shape index (κ1) is 10.4. The van der Waals surface area contributed by atoms with Crippen molar-refractivity contribution in [1.29, 1.82) is 0 Å². The largest absolute Gasteiger partial charge is 0.503 e. The first-order chi connectivity index (χ1) is 7.00. The highest BCUT2D eigenvalue weighted by Gasteiger charge is 2.19. The lowest BCUT2D eigenvalue weighted by atomic mass is 10.2. The first-order valence-corrected chi connectivity index (χ1v) is 5.34. The predicted octanol–water partition coefficient (Wildman–Crippen LogP) is 3.57. The summed E-state index contributed by atoms with van der Waals surface area (Å²) < 4.78 is 5.93. The molecule has 15 heavy (non-hydrogen) atoms. The van der Waals surface area contributed by atoms with Crippen molar-refractivity contribution in [3.8, 4) is 5.75 Å². The highest BCUT2D eigenvalue weighted by molar-refractivity contribution is 9.11.